The van der Waals surface area contributed by atoms with Crippen LogP contribution < -0.4 is 10.2 Å². The molecule has 7 nitrogen and oxygen atoms in total. The van der Waals surface area contributed by atoms with Gasteiger partial charge in [-0.05, 0) is 49.9 Å². The van der Waals surface area contributed by atoms with Gasteiger partial charge in [0, 0.05) is 29.7 Å². The van der Waals surface area contributed by atoms with Crippen molar-refractivity contribution in [3.8, 4) is 0 Å². The highest BCUT2D eigenvalue weighted by molar-refractivity contribution is 9.10. The van der Waals surface area contributed by atoms with Crippen molar-refractivity contribution in [1.29, 1.82) is 0 Å². The molecule has 1 aromatic rings. The number of nitrogens with one attached hydrogen (secondary N) is 1. The molecule has 3 aliphatic heterocycles. The van der Waals surface area contributed by atoms with Crippen LogP contribution in [0.1, 0.15) is 30.4 Å². The lowest BCUT2D eigenvalue weighted by Crippen LogP contribution is -2.56. The van der Waals surface area contributed by atoms with Gasteiger partial charge in [0.1, 0.15) is 11.6 Å². The Kier molecular flexibility index (Phi) is 4.50. The minimum absolute atomic E-state index is 0.170. The minimum atomic E-state index is -0.997. The van der Waals surface area contributed by atoms with E-state index in [1.54, 1.807) is 4.90 Å². The van der Waals surface area contributed by atoms with Crippen LogP contribution in [0.2, 0.25) is 0 Å². The molecule has 0 aromatic heterocycles. The van der Waals surface area contributed by atoms with E-state index in [1.807, 2.05) is 26.0 Å². The van der Waals surface area contributed by atoms with Gasteiger partial charge >= 0.3 is 6.03 Å². The van der Waals surface area contributed by atoms with E-state index in [-0.39, 0.29) is 18.4 Å². The van der Waals surface area contributed by atoms with Gasteiger partial charge in [-0.2, -0.15) is 0 Å². The largest absolute Gasteiger partial charge is 0.378 e. The third-order valence-electron chi connectivity index (χ3n) is 5.66. The number of benzene rings is 1. The molecule has 3 saturated heterocycles. The lowest BCUT2D eigenvalue weighted by Gasteiger charge is -2.37. The molecule has 4 rings (SSSR count). The molecule has 0 aliphatic carbocycles. The molecule has 2 atom stereocenters. The fourth-order valence-corrected chi connectivity index (χ4v) is 5.09. The van der Waals surface area contributed by atoms with Crippen molar-refractivity contribution in [3.63, 3.8) is 0 Å². The number of imide groups is 1. The van der Waals surface area contributed by atoms with Crippen LogP contribution in [-0.4, -0.2) is 54.1 Å². The Morgan fingerprint density at radius 1 is 1.22 bits per heavy atom. The van der Waals surface area contributed by atoms with Crippen molar-refractivity contribution < 1.29 is 19.1 Å². The second kappa shape index (κ2) is 6.60. The van der Waals surface area contributed by atoms with Crippen LogP contribution in [0.4, 0.5) is 10.5 Å². The molecule has 0 unspecified atom stereocenters. The highest BCUT2D eigenvalue weighted by Crippen LogP contribution is 2.35. The predicted molar refractivity (Wildman–Crippen MR) is 103 cm³/mol. The molecule has 8 heteroatoms. The average Bonchev–Trinajstić information content (AvgIpc) is 3.15. The van der Waals surface area contributed by atoms with Crippen LogP contribution in [0, 0.1) is 13.8 Å². The Hall–Kier alpha value is -1.93. The number of urea groups is 1. The van der Waals surface area contributed by atoms with Crippen molar-refractivity contribution in [1.82, 2.24) is 10.2 Å². The van der Waals surface area contributed by atoms with Gasteiger partial charge in [-0.1, -0.05) is 15.9 Å². The second-order valence-electron chi connectivity index (χ2n) is 7.53. The van der Waals surface area contributed by atoms with E-state index >= 15 is 0 Å². The number of halogens is 1. The summed E-state index contributed by atoms with van der Waals surface area (Å²) in [6.45, 7) is 5.10. The van der Waals surface area contributed by atoms with Crippen LogP contribution >= 0.6 is 15.9 Å². The maximum atomic E-state index is 13.3. The molecular formula is C19H22BrN3O4. The zero-order valence-corrected chi connectivity index (χ0v) is 17.0. The lowest BCUT2D eigenvalue weighted by atomic mass is 9.96. The molecule has 27 heavy (non-hydrogen) atoms. The SMILES string of the molecule is Cc1cc(Br)cc(C)c1N1CCC[C@H](N2C(=O)N[C@@]3(CCOC3)C2=O)C1=O. The summed E-state index contributed by atoms with van der Waals surface area (Å²) < 4.78 is 6.29. The summed E-state index contributed by atoms with van der Waals surface area (Å²) in [5, 5.41) is 2.77. The standard InChI is InChI=1S/C19H22BrN3O4/c1-11-8-13(20)9-12(2)15(11)22-6-3-4-14(16(22)24)23-17(25)19(21-18(23)26)5-7-27-10-19/h8-9,14H,3-7,10H2,1-2H3,(H,21,26)/t14-,19+/m0/s1. The Morgan fingerprint density at radius 3 is 2.56 bits per heavy atom. The molecule has 144 valence electrons. The quantitative estimate of drug-likeness (QED) is 0.722. The highest BCUT2D eigenvalue weighted by Gasteiger charge is 2.57. The van der Waals surface area contributed by atoms with E-state index in [1.165, 1.54) is 0 Å². The predicted octanol–water partition coefficient (Wildman–Crippen LogP) is 2.27. The van der Waals surface area contributed by atoms with Crippen LogP contribution in [0.15, 0.2) is 16.6 Å². The van der Waals surface area contributed by atoms with Crippen molar-refractivity contribution >= 4 is 39.5 Å². The topological polar surface area (TPSA) is 79.0 Å². The number of hydrogen-bond acceptors (Lipinski definition) is 4. The number of aryl methyl sites for hydroxylation is 2. The molecule has 3 heterocycles. The molecule has 3 fully saturated rings. The third-order valence-corrected chi connectivity index (χ3v) is 6.12. The first-order valence-corrected chi connectivity index (χ1v) is 9.95. The summed E-state index contributed by atoms with van der Waals surface area (Å²) in [7, 11) is 0. The molecule has 0 saturated carbocycles. The lowest BCUT2D eigenvalue weighted by molar-refractivity contribution is -0.138. The highest BCUT2D eigenvalue weighted by atomic mass is 79.9. The summed E-state index contributed by atoms with van der Waals surface area (Å²) in [5.74, 6) is -0.538. The van der Waals surface area contributed by atoms with Gasteiger partial charge in [0.05, 0.1) is 6.61 Å². The van der Waals surface area contributed by atoms with Gasteiger partial charge in [0.2, 0.25) is 5.91 Å². The summed E-state index contributed by atoms with van der Waals surface area (Å²) >= 11 is 3.48. The number of ether oxygens (including phenoxy) is 1. The van der Waals surface area contributed by atoms with E-state index in [0.717, 1.165) is 32.6 Å². The number of hydrogen-bond donors (Lipinski definition) is 1. The number of carbonyl (C=O) groups excluding carboxylic acids is 3. The number of rotatable bonds is 2. The number of carbonyl (C=O) groups is 3. The van der Waals surface area contributed by atoms with E-state index in [2.05, 4.69) is 21.2 Å². The maximum absolute atomic E-state index is 13.3. The Morgan fingerprint density at radius 2 is 1.93 bits per heavy atom. The minimum Gasteiger partial charge on any atom is -0.378 e. The maximum Gasteiger partial charge on any atom is 0.325 e. The van der Waals surface area contributed by atoms with Gasteiger partial charge in [-0.25, -0.2) is 9.69 Å². The fourth-order valence-electron chi connectivity index (χ4n) is 4.40. The molecule has 1 spiro atoms. The fraction of sp³-hybridized carbons (Fsp3) is 0.526. The number of nitrogens with zero attached hydrogens (tertiary/aromatic N) is 2. The summed E-state index contributed by atoms with van der Waals surface area (Å²) in [4.78, 5) is 41.7. The zero-order valence-electron chi connectivity index (χ0n) is 15.4. The Bertz CT molecular complexity index is 811. The number of anilines is 1. The molecule has 1 aromatic carbocycles. The van der Waals surface area contributed by atoms with Gasteiger partial charge in [-0.3, -0.25) is 9.59 Å². The normalized spacial score (nSPS) is 28.4. The molecule has 1 N–H and O–H groups in total. The van der Waals surface area contributed by atoms with Crippen LogP contribution in [0.3, 0.4) is 0 Å². The van der Waals surface area contributed by atoms with E-state index in [0.29, 0.717) is 26.0 Å². The molecule has 4 amide bonds. The first kappa shape index (κ1) is 18.4. The summed E-state index contributed by atoms with van der Waals surface area (Å²) in [5.41, 5.74) is 1.82. The van der Waals surface area contributed by atoms with Crippen molar-refractivity contribution in [2.45, 2.75) is 44.7 Å². The van der Waals surface area contributed by atoms with Gasteiger partial charge in [0.15, 0.2) is 0 Å². The third kappa shape index (κ3) is 2.86. The van der Waals surface area contributed by atoms with Crippen molar-refractivity contribution in [2.75, 3.05) is 24.7 Å². The van der Waals surface area contributed by atoms with Gasteiger partial charge in [-0.15, -0.1) is 0 Å². The first-order chi connectivity index (χ1) is 12.8. The molecule has 0 radical (unpaired) electrons. The summed E-state index contributed by atoms with van der Waals surface area (Å²) in [6.07, 6.45) is 1.66. The number of piperidine rings is 1. The molecular weight excluding hydrogens is 414 g/mol. The molecule has 0 bridgehead atoms. The van der Waals surface area contributed by atoms with E-state index in [9.17, 15) is 14.4 Å². The van der Waals surface area contributed by atoms with E-state index in [4.69, 9.17) is 4.74 Å². The van der Waals surface area contributed by atoms with Crippen LogP contribution in [0.5, 0.6) is 0 Å². The first-order valence-electron chi connectivity index (χ1n) is 9.16. The van der Waals surface area contributed by atoms with Gasteiger partial charge < -0.3 is 15.0 Å². The second-order valence-corrected chi connectivity index (χ2v) is 8.44. The monoisotopic (exact) mass is 435 g/mol. The van der Waals surface area contributed by atoms with Gasteiger partial charge in [0.25, 0.3) is 5.91 Å². The smallest absolute Gasteiger partial charge is 0.325 e. The zero-order chi connectivity index (χ0) is 19.3. The van der Waals surface area contributed by atoms with Crippen LogP contribution in [0.25, 0.3) is 0 Å². The average molecular weight is 436 g/mol. The van der Waals surface area contributed by atoms with Crippen molar-refractivity contribution in [2.24, 2.45) is 0 Å². The Labute approximate surface area is 166 Å². The van der Waals surface area contributed by atoms with E-state index < -0.39 is 17.6 Å². The number of amides is 4. The summed E-state index contributed by atoms with van der Waals surface area (Å²) in [6, 6.07) is 2.68. The Balaban J connectivity index is 1.65. The van der Waals surface area contributed by atoms with Crippen molar-refractivity contribution in [3.05, 3.63) is 27.7 Å². The van der Waals surface area contributed by atoms with Crippen LogP contribution in [-0.2, 0) is 14.3 Å². The molecule has 3 aliphatic rings.